The Kier molecular flexibility index (Phi) is 4.11. The highest BCUT2D eigenvalue weighted by Gasteiger charge is 2.17. The van der Waals surface area contributed by atoms with Gasteiger partial charge in [0.15, 0.2) is 0 Å². The average molecular weight is 438 g/mol. The monoisotopic (exact) mass is 437 g/mol. The first kappa shape index (κ1) is 18.8. The van der Waals surface area contributed by atoms with E-state index in [-0.39, 0.29) is 0 Å². The van der Waals surface area contributed by atoms with E-state index < -0.39 is 0 Å². The molecular weight excluding hydrogens is 418 g/mol. The molecule has 0 atom stereocenters. The number of nitrogens with zero attached hydrogens (tertiary/aromatic N) is 3. The molecule has 0 fully saturated rings. The Labute approximate surface area is 195 Å². The fourth-order valence-electron chi connectivity index (χ4n) is 4.78. The highest BCUT2D eigenvalue weighted by molar-refractivity contribution is 6.09. The van der Waals surface area contributed by atoms with Gasteiger partial charge in [0.2, 0.25) is 5.95 Å². The Morgan fingerprint density at radius 3 is 1.94 bits per heavy atom. The van der Waals surface area contributed by atoms with Crippen LogP contribution >= 0.6 is 0 Å². The van der Waals surface area contributed by atoms with Crippen molar-refractivity contribution in [3.8, 4) is 28.3 Å². The van der Waals surface area contributed by atoms with Crippen LogP contribution in [0.1, 0.15) is 0 Å². The van der Waals surface area contributed by atoms with Crippen molar-refractivity contribution in [3.63, 3.8) is 0 Å². The molecular formula is C30H19N3O. The second kappa shape index (κ2) is 7.42. The Balaban J connectivity index is 1.51. The van der Waals surface area contributed by atoms with Gasteiger partial charge in [-0.15, -0.1) is 0 Å². The van der Waals surface area contributed by atoms with Crippen LogP contribution in [0.4, 0.5) is 0 Å². The molecule has 0 aliphatic rings. The topological polar surface area (TPSA) is 43.9 Å². The highest BCUT2D eigenvalue weighted by atomic mass is 16.3. The summed E-state index contributed by atoms with van der Waals surface area (Å²) in [5, 5.41) is 3.26. The number of rotatable bonds is 3. The minimum absolute atomic E-state index is 0.631. The van der Waals surface area contributed by atoms with E-state index in [9.17, 15) is 0 Å². The molecule has 160 valence electrons. The Morgan fingerprint density at radius 2 is 1.18 bits per heavy atom. The number of aromatic nitrogens is 3. The molecule has 0 saturated heterocycles. The Bertz CT molecular complexity index is 1760. The van der Waals surface area contributed by atoms with Crippen LogP contribution < -0.4 is 0 Å². The van der Waals surface area contributed by atoms with Crippen LogP contribution in [0.25, 0.3) is 61.0 Å². The third-order valence-corrected chi connectivity index (χ3v) is 6.35. The van der Waals surface area contributed by atoms with Gasteiger partial charge in [-0.05, 0) is 29.3 Å². The molecule has 0 spiro atoms. The lowest BCUT2D eigenvalue weighted by Crippen LogP contribution is -2.02. The van der Waals surface area contributed by atoms with Gasteiger partial charge in [0, 0.05) is 16.3 Å². The van der Waals surface area contributed by atoms with E-state index >= 15 is 0 Å². The smallest absolute Gasteiger partial charge is 0.235 e. The van der Waals surface area contributed by atoms with Crippen molar-refractivity contribution in [3.05, 3.63) is 116 Å². The van der Waals surface area contributed by atoms with Crippen LogP contribution in [-0.4, -0.2) is 14.5 Å². The molecule has 3 heterocycles. The molecule has 0 aliphatic heterocycles. The second-order valence-electron chi connectivity index (χ2n) is 8.36. The second-order valence-corrected chi connectivity index (χ2v) is 8.36. The van der Waals surface area contributed by atoms with Crippen molar-refractivity contribution < 1.29 is 4.42 Å². The van der Waals surface area contributed by atoms with E-state index in [1.807, 2.05) is 6.07 Å². The Hall–Kier alpha value is -4.70. The van der Waals surface area contributed by atoms with Crippen LogP contribution in [0.15, 0.2) is 120 Å². The summed E-state index contributed by atoms with van der Waals surface area (Å²) in [5.74, 6) is 0.631. The molecule has 34 heavy (non-hydrogen) atoms. The largest absolute Gasteiger partial charge is 0.470 e. The van der Waals surface area contributed by atoms with Crippen molar-refractivity contribution in [2.24, 2.45) is 0 Å². The number of fused-ring (bicyclic) bond motifs is 4. The molecule has 0 bridgehead atoms. The molecule has 7 aromatic rings. The first-order valence-electron chi connectivity index (χ1n) is 11.3. The average Bonchev–Trinajstić information content (AvgIpc) is 3.51. The predicted octanol–water partition coefficient (Wildman–Crippen LogP) is 7.65. The van der Waals surface area contributed by atoms with Gasteiger partial charge in [-0.25, -0.2) is 9.97 Å². The van der Waals surface area contributed by atoms with Gasteiger partial charge in [-0.1, -0.05) is 84.9 Å². The fourth-order valence-corrected chi connectivity index (χ4v) is 4.78. The van der Waals surface area contributed by atoms with Gasteiger partial charge in [0.1, 0.15) is 18.0 Å². The van der Waals surface area contributed by atoms with Gasteiger partial charge < -0.3 is 4.42 Å². The van der Waals surface area contributed by atoms with Gasteiger partial charge in [0.05, 0.1) is 22.1 Å². The van der Waals surface area contributed by atoms with Crippen LogP contribution in [0.5, 0.6) is 0 Å². The fraction of sp³-hybridized carbons (Fsp3) is 0. The molecule has 0 saturated carbocycles. The number of hydrogen-bond donors (Lipinski definition) is 0. The van der Waals surface area contributed by atoms with Crippen LogP contribution in [0.3, 0.4) is 0 Å². The molecule has 0 radical (unpaired) electrons. The summed E-state index contributed by atoms with van der Waals surface area (Å²) < 4.78 is 7.72. The zero-order valence-corrected chi connectivity index (χ0v) is 18.2. The quantitative estimate of drug-likeness (QED) is 0.285. The van der Waals surface area contributed by atoms with Crippen molar-refractivity contribution >= 4 is 32.7 Å². The molecule has 3 aromatic heterocycles. The van der Waals surface area contributed by atoms with Gasteiger partial charge in [-0.3, -0.25) is 4.57 Å². The maximum Gasteiger partial charge on any atom is 0.235 e. The predicted molar refractivity (Wildman–Crippen MR) is 137 cm³/mol. The van der Waals surface area contributed by atoms with E-state index in [1.165, 1.54) is 16.3 Å². The van der Waals surface area contributed by atoms with E-state index in [4.69, 9.17) is 14.4 Å². The summed E-state index contributed by atoms with van der Waals surface area (Å²) in [6.07, 6.45) is 3.43. The molecule has 4 nitrogen and oxygen atoms in total. The third kappa shape index (κ3) is 2.86. The minimum Gasteiger partial charge on any atom is -0.470 e. The summed E-state index contributed by atoms with van der Waals surface area (Å²) in [4.78, 5) is 10.0. The van der Waals surface area contributed by atoms with Crippen molar-refractivity contribution in [1.29, 1.82) is 0 Å². The normalized spacial score (nSPS) is 11.5. The first-order valence-corrected chi connectivity index (χ1v) is 11.3. The number of hydrogen-bond acceptors (Lipinski definition) is 3. The third-order valence-electron chi connectivity index (χ3n) is 6.35. The number of para-hydroxylation sites is 2. The summed E-state index contributed by atoms with van der Waals surface area (Å²) in [5.41, 5.74) is 7.14. The lowest BCUT2D eigenvalue weighted by Gasteiger charge is -2.10. The standard InChI is InChI=1S/C30H19N3O/c1-2-9-20(10-3-1)21-11-8-12-22(17-21)29-25-18-34-19-26(25)31-30(32-29)33-27-15-6-4-13-23(27)24-14-5-7-16-28(24)33/h1-19H. The van der Waals surface area contributed by atoms with Gasteiger partial charge in [-0.2, -0.15) is 0 Å². The van der Waals surface area contributed by atoms with E-state index in [0.29, 0.717) is 5.95 Å². The van der Waals surface area contributed by atoms with Crippen molar-refractivity contribution in [2.75, 3.05) is 0 Å². The highest BCUT2D eigenvalue weighted by Crippen LogP contribution is 2.34. The van der Waals surface area contributed by atoms with Crippen LogP contribution in [0.2, 0.25) is 0 Å². The van der Waals surface area contributed by atoms with Gasteiger partial charge in [0.25, 0.3) is 0 Å². The molecule has 0 unspecified atom stereocenters. The maximum atomic E-state index is 5.58. The summed E-state index contributed by atoms with van der Waals surface area (Å²) >= 11 is 0. The Morgan fingerprint density at radius 1 is 0.529 bits per heavy atom. The molecule has 0 aliphatic carbocycles. The molecule has 7 rings (SSSR count). The zero-order valence-electron chi connectivity index (χ0n) is 18.2. The summed E-state index contributed by atoms with van der Waals surface area (Å²) in [6.45, 7) is 0. The lowest BCUT2D eigenvalue weighted by molar-refractivity contribution is 0.572. The number of benzene rings is 4. The first-order chi connectivity index (χ1) is 16.9. The summed E-state index contributed by atoms with van der Waals surface area (Å²) in [6, 6.07) is 35.6. The lowest BCUT2D eigenvalue weighted by atomic mass is 10.0. The molecule has 4 heteroatoms. The molecule has 4 aromatic carbocycles. The van der Waals surface area contributed by atoms with Crippen LogP contribution in [-0.2, 0) is 0 Å². The van der Waals surface area contributed by atoms with Crippen molar-refractivity contribution in [1.82, 2.24) is 14.5 Å². The van der Waals surface area contributed by atoms with E-state index in [0.717, 1.165) is 38.8 Å². The molecule has 0 amide bonds. The molecule has 0 N–H and O–H groups in total. The minimum atomic E-state index is 0.631. The zero-order chi connectivity index (χ0) is 22.5. The van der Waals surface area contributed by atoms with E-state index in [1.54, 1.807) is 12.5 Å². The number of furan rings is 1. The van der Waals surface area contributed by atoms with Crippen LogP contribution in [0, 0.1) is 0 Å². The SMILES string of the molecule is c1ccc(-c2cccc(-c3nc(-n4c5ccccc5c5ccccc54)nc4cocc34)c2)cc1. The maximum absolute atomic E-state index is 5.58. The van der Waals surface area contributed by atoms with E-state index in [2.05, 4.69) is 102 Å². The van der Waals surface area contributed by atoms with Gasteiger partial charge >= 0.3 is 0 Å². The van der Waals surface area contributed by atoms with Crippen molar-refractivity contribution in [2.45, 2.75) is 0 Å². The summed E-state index contributed by atoms with van der Waals surface area (Å²) in [7, 11) is 0.